The summed E-state index contributed by atoms with van der Waals surface area (Å²) in [5, 5.41) is 8.91. The van der Waals surface area contributed by atoms with Crippen molar-refractivity contribution in [1.82, 2.24) is 4.90 Å². The van der Waals surface area contributed by atoms with Crippen LogP contribution in [0, 0.1) is 5.92 Å². The number of hydrogen-bond acceptors (Lipinski definition) is 4. The van der Waals surface area contributed by atoms with Gasteiger partial charge < -0.3 is 20.5 Å². The number of carbonyl (C=O) groups excluding carboxylic acids is 1. The third-order valence-corrected chi connectivity index (χ3v) is 3.03. The van der Waals surface area contributed by atoms with Crippen LogP contribution in [-0.4, -0.2) is 54.2 Å². The van der Waals surface area contributed by atoms with E-state index in [4.69, 9.17) is 15.6 Å². The van der Waals surface area contributed by atoms with E-state index in [0.717, 1.165) is 0 Å². The van der Waals surface area contributed by atoms with Gasteiger partial charge in [-0.3, -0.25) is 9.59 Å². The molecule has 0 saturated carbocycles. The average molecular weight is 244 g/mol. The number of carboxylic acid groups (broad SMARTS) is 1. The molecule has 1 saturated heterocycles. The quantitative estimate of drug-likeness (QED) is 0.646. The van der Waals surface area contributed by atoms with E-state index in [1.54, 1.807) is 4.90 Å². The number of amides is 1. The molecular weight excluding hydrogens is 224 g/mol. The highest BCUT2D eigenvalue weighted by molar-refractivity contribution is 5.78. The molecule has 1 amide bonds. The van der Waals surface area contributed by atoms with E-state index in [0.29, 0.717) is 32.5 Å². The van der Waals surface area contributed by atoms with Gasteiger partial charge in [-0.25, -0.2) is 0 Å². The first kappa shape index (κ1) is 13.9. The first-order valence-electron chi connectivity index (χ1n) is 5.86. The van der Waals surface area contributed by atoms with Crippen LogP contribution in [0.3, 0.4) is 0 Å². The van der Waals surface area contributed by atoms with Crippen molar-refractivity contribution in [2.75, 3.05) is 26.3 Å². The largest absolute Gasteiger partial charge is 0.481 e. The number of likely N-dealkylation sites (tertiary alicyclic amines) is 1. The summed E-state index contributed by atoms with van der Waals surface area (Å²) in [4.78, 5) is 24.3. The number of rotatable bonds is 5. The van der Waals surface area contributed by atoms with Gasteiger partial charge in [-0.05, 0) is 19.8 Å². The first-order chi connectivity index (χ1) is 8.06. The van der Waals surface area contributed by atoms with Gasteiger partial charge in [-0.1, -0.05) is 0 Å². The summed E-state index contributed by atoms with van der Waals surface area (Å²) in [7, 11) is 0. The van der Waals surface area contributed by atoms with E-state index in [1.165, 1.54) is 0 Å². The van der Waals surface area contributed by atoms with E-state index in [9.17, 15) is 9.59 Å². The Morgan fingerprint density at radius 3 is 2.76 bits per heavy atom. The molecule has 0 aromatic rings. The predicted molar refractivity (Wildman–Crippen MR) is 61.4 cm³/mol. The maximum atomic E-state index is 11.8. The second kappa shape index (κ2) is 6.56. The minimum Gasteiger partial charge on any atom is -0.481 e. The van der Waals surface area contributed by atoms with E-state index < -0.39 is 5.97 Å². The van der Waals surface area contributed by atoms with Crippen LogP contribution in [0.2, 0.25) is 0 Å². The van der Waals surface area contributed by atoms with Crippen LogP contribution in [0.1, 0.15) is 19.8 Å². The van der Waals surface area contributed by atoms with Crippen molar-refractivity contribution in [1.29, 1.82) is 0 Å². The lowest BCUT2D eigenvalue weighted by molar-refractivity contribution is -0.149. The zero-order valence-electron chi connectivity index (χ0n) is 10.1. The minimum absolute atomic E-state index is 0.0271. The van der Waals surface area contributed by atoms with Crippen molar-refractivity contribution in [3.63, 3.8) is 0 Å². The average Bonchev–Trinajstić information content (AvgIpc) is 2.28. The fraction of sp³-hybridized carbons (Fsp3) is 0.818. The molecule has 1 fully saturated rings. The summed E-state index contributed by atoms with van der Waals surface area (Å²) < 4.78 is 5.09. The number of aliphatic carboxylic acids is 1. The molecule has 2 atom stereocenters. The normalized spacial score (nSPS) is 24.7. The Morgan fingerprint density at radius 1 is 1.53 bits per heavy atom. The van der Waals surface area contributed by atoms with Crippen LogP contribution in [-0.2, 0) is 14.3 Å². The highest BCUT2D eigenvalue weighted by Gasteiger charge is 2.31. The van der Waals surface area contributed by atoms with Crippen molar-refractivity contribution in [2.24, 2.45) is 11.7 Å². The number of nitrogens with zero attached hydrogens (tertiary/aromatic N) is 1. The van der Waals surface area contributed by atoms with Crippen LogP contribution < -0.4 is 5.73 Å². The van der Waals surface area contributed by atoms with Crippen molar-refractivity contribution in [3.05, 3.63) is 0 Å². The number of piperidine rings is 1. The first-order valence-corrected chi connectivity index (χ1v) is 5.86. The third-order valence-electron chi connectivity index (χ3n) is 3.03. The molecule has 0 radical (unpaired) electrons. The second-order valence-corrected chi connectivity index (χ2v) is 4.34. The number of carbonyl (C=O) groups is 2. The number of ether oxygens (including phenoxy) is 1. The monoisotopic (exact) mass is 244 g/mol. The Kier molecular flexibility index (Phi) is 5.37. The van der Waals surface area contributed by atoms with Gasteiger partial charge in [0.1, 0.15) is 6.61 Å². The number of nitrogens with two attached hydrogens (primary N) is 1. The fourth-order valence-electron chi connectivity index (χ4n) is 2.09. The molecule has 98 valence electrons. The summed E-state index contributed by atoms with van der Waals surface area (Å²) in [6, 6.07) is -0.0428. The molecule has 0 aromatic heterocycles. The molecule has 17 heavy (non-hydrogen) atoms. The minimum atomic E-state index is -0.775. The molecule has 2 unspecified atom stereocenters. The Labute approximate surface area is 101 Å². The maximum absolute atomic E-state index is 11.8. The van der Waals surface area contributed by atoms with Gasteiger partial charge in [0.25, 0.3) is 0 Å². The molecule has 1 aliphatic rings. The van der Waals surface area contributed by atoms with Gasteiger partial charge >= 0.3 is 5.97 Å². The molecule has 6 heteroatoms. The van der Waals surface area contributed by atoms with Crippen molar-refractivity contribution < 1.29 is 19.4 Å². The predicted octanol–water partition coefficient (Wildman–Crippen LogP) is -0.327. The van der Waals surface area contributed by atoms with Crippen molar-refractivity contribution >= 4 is 11.9 Å². The molecule has 1 rings (SSSR count). The molecule has 3 N–H and O–H groups in total. The Hall–Kier alpha value is -1.14. The molecule has 0 bridgehead atoms. The van der Waals surface area contributed by atoms with E-state index in [1.807, 2.05) is 6.92 Å². The highest BCUT2D eigenvalue weighted by Crippen LogP contribution is 2.22. The number of hydrogen-bond donors (Lipinski definition) is 2. The number of carboxylic acids is 1. The third kappa shape index (κ3) is 3.98. The van der Waals surface area contributed by atoms with Gasteiger partial charge in [-0.15, -0.1) is 0 Å². The van der Waals surface area contributed by atoms with Crippen LogP contribution in [0.15, 0.2) is 0 Å². The molecule has 0 aromatic carbocycles. The molecule has 0 spiro atoms. The highest BCUT2D eigenvalue weighted by atomic mass is 16.5. The zero-order chi connectivity index (χ0) is 12.8. The van der Waals surface area contributed by atoms with Gasteiger partial charge in [-0.2, -0.15) is 0 Å². The Bertz CT molecular complexity index is 283. The SMILES string of the molecule is CC1CC(C(=O)O)CCN1C(=O)COCCN. The second-order valence-electron chi connectivity index (χ2n) is 4.34. The summed E-state index contributed by atoms with van der Waals surface area (Å²) in [5.41, 5.74) is 5.26. The van der Waals surface area contributed by atoms with Gasteiger partial charge in [0.15, 0.2) is 0 Å². The van der Waals surface area contributed by atoms with Gasteiger partial charge in [0.05, 0.1) is 12.5 Å². The van der Waals surface area contributed by atoms with Gasteiger partial charge in [0.2, 0.25) is 5.91 Å². The van der Waals surface area contributed by atoms with E-state index in [-0.39, 0.29) is 24.5 Å². The lowest BCUT2D eigenvalue weighted by Gasteiger charge is -2.36. The van der Waals surface area contributed by atoms with Crippen molar-refractivity contribution in [3.8, 4) is 0 Å². The molecular formula is C11H20N2O4. The smallest absolute Gasteiger partial charge is 0.306 e. The van der Waals surface area contributed by atoms with E-state index in [2.05, 4.69) is 0 Å². The molecule has 1 aliphatic heterocycles. The molecule has 1 heterocycles. The van der Waals surface area contributed by atoms with Crippen LogP contribution in [0.25, 0.3) is 0 Å². The zero-order valence-corrected chi connectivity index (χ0v) is 10.1. The summed E-state index contributed by atoms with van der Waals surface area (Å²) in [5.74, 6) is -1.20. The maximum Gasteiger partial charge on any atom is 0.306 e. The topological polar surface area (TPSA) is 92.9 Å². The van der Waals surface area contributed by atoms with Crippen molar-refractivity contribution in [2.45, 2.75) is 25.8 Å². The summed E-state index contributed by atoms with van der Waals surface area (Å²) in [6.07, 6.45) is 1.03. The molecule has 6 nitrogen and oxygen atoms in total. The van der Waals surface area contributed by atoms with Crippen LogP contribution >= 0.6 is 0 Å². The van der Waals surface area contributed by atoms with Gasteiger partial charge in [0, 0.05) is 19.1 Å². The summed E-state index contributed by atoms with van der Waals surface area (Å²) >= 11 is 0. The Balaban J connectivity index is 2.40. The van der Waals surface area contributed by atoms with E-state index >= 15 is 0 Å². The molecule has 0 aliphatic carbocycles. The summed E-state index contributed by atoms with van der Waals surface area (Å²) in [6.45, 7) is 3.15. The van der Waals surface area contributed by atoms with Crippen LogP contribution in [0.5, 0.6) is 0 Å². The fourth-order valence-corrected chi connectivity index (χ4v) is 2.09. The Morgan fingerprint density at radius 2 is 2.24 bits per heavy atom. The standard InChI is InChI=1S/C11H20N2O4/c1-8-6-9(11(15)16)2-4-13(8)10(14)7-17-5-3-12/h8-9H,2-7,12H2,1H3,(H,15,16). The lowest BCUT2D eigenvalue weighted by atomic mass is 9.92. The van der Waals surface area contributed by atoms with Crippen LogP contribution in [0.4, 0.5) is 0 Å². The lowest BCUT2D eigenvalue weighted by Crippen LogP contribution is -2.47.